The van der Waals surface area contributed by atoms with Gasteiger partial charge >= 0.3 is 10.2 Å². The molecule has 25 heavy (non-hydrogen) atoms. The van der Waals surface area contributed by atoms with E-state index in [1.165, 1.54) is 24.3 Å². The minimum absolute atomic E-state index is 0.0399. The van der Waals surface area contributed by atoms with E-state index in [4.69, 9.17) is 5.21 Å². The van der Waals surface area contributed by atoms with Crippen molar-refractivity contribution in [3.05, 3.63) is 53.6 Å². The minimum Gasteiger partial charge on any atom is -0.291 e. The van der Waals surface area contributed by atoms with Crippen molar-refractivity contribution in [3.8, 4) is 0 Å². The maximum atomic E-state index is 13.2. The molecule has 0 radical (unpaired) electrons. The van der Waals surface area contributed by atoms with E-state index in [1.54, 1.807) is 0 Å². The largest absolute Gasteiger partial charge is 0.312 e. The molecule has 0 aliphatic carbocycles. The normalized spacial score (nSPS) is 17.1. The molecular weight excluding hydrogens is 371 g/mol. The van der Waals surface area contributed by atoms with E-state index < -0.39 is 38.3 Å². The third-order valence-electron chi connectivity index (χ3n) is 3.55. The van der Waals surface area contributed by atoms with E-state index in [2.05, 4.69) is 0 Å². The van der Waals surface area contributed by atoms with Crippen LogP contribution in [0.3, 0.4) is 0 Å². The molecule has 1 aliphatic rings. The predicted octanol–water partition coefficient (Wildman–Crippen LogP) is 4.95. The lowest BCUT2D eigenvalue weighted by molar-refractivity contribution is 0.0925. The smallest absolute Gasteiger partial charge is 0.291 e. The number of hydrogen-bond acceptors (Lipinski definition) is 4. The highest BCUT2D eigenvalue weighted by Gasteiger charge is 2.67. The monoisotopic (exact) mass is 380 g/mol. The highest BCUT2D eigenvalue weighted by atomic mass is 32.5. The molecule has 0 bridgehead atoms. The maximum Gasteiger partial charge on any atom is 0.312 e. The fourth-order valence-electron chi connectivity index (χ4n) is 2.49. The molecule has 0 aromatic heterocycles. The number of halogens is 5. The second-order valence-electron chi connectivity index (χ2n) is 5.25. The van der Waals surface area contributed by atoms with Crippen molar-refractivity contribution in [2.45, 2.75) is 4.90 Å². The fourth-order valence-corrected chi connectivity index (χ4v) is 3.36. The Morgan fingerprint density at radius 3 is 1.84 bits per heavy atom. The molecule has 5 nitrogen and oxygen atoms in total. The van der Waals surface area contributed by atoms with Gasteiger partial charge < -0.3 is 0 Å². The van der Waals surface area contributed by atoms with Crippen LogP contribution >= 0.6 is 10.2 Å². The third kappa shape index (κ3) is 2.81. The first-order valence-electron chi connectivity index (χ1n) is 6.59. The average Bonchev–Trinajstić information content (AvgIpc) is 2.77. The van der Waals surface area contributed by atoms with Crippen molar-refractivity contribution in [1.29, 1.82) is 0 Å². The lowest BCUT2D eigenvalue weighted by Gasteiger charge is -2.41. The number of nitrogens with zero attached hydrogens (tertiary/aromatic N) is 1. The molecule has 0 spiro atoms. The van der Waals surface area contributed by atoms with Gasteiger partial charge in [0.15, 0.2) is 0 Å². The van der Waals surface area contributed by atoms with Gasteiger partial charge in [0.2, 0.25) is 0 Å². The fraction of sp³-hybridized carbons (Fsp3) is 0. The first kappa shape index (κ1) is 17.2. The summed E-state index contributed by atoms with van der Waals surface area (Å²) in [6, 6.07) is 6.80. The number of anilines is 2. The molecule has 2 amide bonds. The van der Waals surface area contributed by atoms with Crippen molar-refractivity contribution in [3.63, 3.8) is 0 Å². The Morgan fingerprint density at radius 2 is 1.40 bits per heavy atom. The van der Waals surface area contributed by atoms with Crippen LogP contribution in [0.15, 0.2) is 47.4 Å². The Balaban J connectivity index is 2.19. The summed E-state index contributed by atoms with van der Waals surface area (Å²) < 4.78 is 65.9. The van der Waals surface area contributed by atoms with Gasteiger partial charge in [-0.15, -0.1) is 0 Å². The summed E-state index contributed by atoms with van der Waals surface area (Å²) in [4.78, 5) is 22.5. The predicted molar refractivity (Wildman–Crippen MR) is 80.8 cm³/mol. The zero-order valence-electron chi connectivity index (χ0n) is 12.1. The van der Waals surface area contributed by atoms with Gasteiger partial charge in [-0.25, -0.2) is 4.90 Å². The number of hydrogen-bond donors (Lipinski definition) is 2. The number of fused-ring (bicyclic) bond motifs is 1. The van der Waals surface area contributed by atoms with Gasteiger partial charge in [-0.1, -0.05) is 31.6 Å². The SMILES string of the molecule is O=C1c2ccccc2C(=O)N1c1ccc(NO)c(S(F)(F)(F)(F)F)c1. The Hall–Kier alpha value is -2.66. The first-order chi connectivity index (χ1) is 11.3. The first-order valence-corrected chi connectivity index (χ1v) is 8.54. The van der Waals surface area contributed by atoms with Crippen LogP contribution < -0.4 is 10.4 Å². The van der Waals surface area contributed by atoms with Crippen LogP contribution in [0, 0.1) is 0 Å². The zero-order valence-corrected chi connectivity index (χ0v) is 12.9. The standard InChI is InChI=1S/C14H9F5N2O3S/c15-25(16,17,18,19)12-7-8(5-6-11(12)20-24)21-13(22)9-3-1-2-4-10(9)14(21)23/h1-7,20,24H. The highest BCUT2D eigenvalue weighted by Crippen LogP contribution is 3.03. The number of carbonyl (C=O) groups excluding carboxylic acids is 2. The number of imide groups is 1. The Labute approximate surface area is 137 Å². The lowest BCUT2D eigenvalue weighted by atomic mass is 10.1. The molecule has 1 aliphatic heterocycles. The van der Waals surface area contributed by atoms with Crippen LogP contribution in [-0.4, -0.2) is 17.0 Å². The van der Waals surface area contributed by atoms with Crippen LogP contribution in [0.4, 0.5) is 30.8 Å². The highest BCUT2D eigenvalue weighted by molar-refractivity contribution is 8.45. The van der Waals surface area contributed by atoms with Crippen molar-refractivity contribution >= 4 is 33.4 Å². The Kier molecular flexibility index (Phi) is 3.08. The van der Waals surface area contributed by atoms with Gasteiger partial charge in [-0.05, 0) is 30.3 Å². The van der Waals surface area contributed by atoms with Gasteiger partial charge in [0.05, 0.1) is 22.5 Å². The molecule has 0 saturated heterocycles. The molecular formula is C14H9F5N2O3S. The summed E-state index contributed by atoms with van der Waals surface area (Å²) in [7, 11) is -10.2. The number of carbonyl (C=O) groups is 2. The molecule has 0 saturated carbocycles. The molecule has 2 aromatic rings. The number of benzene rings is 2. The second-order valence-corrected chi connectivity index (χ2v) is 7.63. The van der Waals surface area contributed by atoms with Crippen molar-refractivity contribution in [1.82, 2.24) is 0 Å². The summed E-state index contributed by atoms with van der Waals surface area (Å²) in [5.74, 6) is -1.86. The summed E-state index contributed by atoms with van der Waals surface area (Å²) in [6.45, 7) is 0. The van der Waals surface area contributed by atoms with Crippen molar-refractivity contribution < 1.29 is 34.2 Å². The zero-order chi connectivity index (χ0) is 18.7. The minimum atomic E-state index is -10.2. The summed E-state index contributed by atoms with van der Waals surface area (Å²) in [5, 5.41) is 8.70. The van der Waals surface area contributed by atoms with E-state index in [-0.39, 0.29) is 17.2 Å². The molecule has 134 valence electrons. The Morgan fingerprint density at radius 1 is 0.880 bits per heavy atom. The van der Waals surface area contributed by atoms with Gasteiger partial charge in [-0.2, -0.15) is 0 Å². The average molecular weight is 380 g/mol. The quantitative estimate of drug-likeness (QED) is 0.449. The molecule has 2 N–H and O–H groups in total. The second kappa shape index (κ2) is 4.49. The number of nitrogens with one attached hydrogen (secondary N) is 1. The van der Waals surface area contributed by atoms with Crippen LogP contribution in [0.1, 0.15) is 20.7 Å². The van der Waals surface area contributed by atoms with Crippen LogP contribution in [0.2, 0.25) is 0 Å². The van der Waals surface area contributed by atoms with Crippen molar-refractivity contribution in [2.24, 2.45) is 0 Å². The molecule has 0 fully saturated rings. The van der Waals surface area contributed by atoms with E-state index in [9.17, 15) is 29.0 Å². The van der Waals surface area contributed by atoms with E-state index in [0.29, 0.717) is 11.0 Å². The number of rotatable bonds is 3. The molecule has 3 rings (SSSR count). The molecule has 1 heterocycles. The molecule has 11 heteroatoms. The van der Waals surface area contributed by atoms with E-state index in [0.717, 1.165) is 11.5 Å². The topological polar surface area (TPSA) is 69.6 Å². The lowest BCUT2D eigenvalue weighted by Crippen LogP contribution is -2.29. The molecule has 2 aromatic carbocycles. The maximum absolute atomic E-state index is 13.2. The van der Waals surface area contributed by atoms with Crippen LogP contribution in [-0.2, 0) is 0 Å². The van der Waals surface area contributed by atoms with Gasteiger partial charge in [-0.3, -0.25) is 20.3 Å². The van der Waals surface area contributed by atoms with Gasteiger partial charge in [0, 0.05) is 0 Å². The third-order valence-corrected chi connectivity index (χ3v) is 4.72. The summed E-state index contributed by atoms with van der Waals surface area (Å²) >= 11 is 0. The van der Waals surface area contributed by atoms with Gasteiger partial charge in [0.1, 0.15) is 4.90 Å². The molecule has 0 unspecified atom stereocenters. The Bertz CT molecular complexity index is 895. The summed E-state index contributed by atoms with van der Waals surface area (Å²) in [6.07, 6.45) is 0. The molecule has 0 atom stereocenters. The van der Waals surface area contributed by atoms with E-state index >= 15 is 0 Å². The van der Waals surface area contributed by atoms with Crippen LogP contribution in [0.25, 0.3) is 0 Å². The van der Waals surface area contributed by atoms with Crippen LogP contribution in [0.5, 0.6) is 0 Å². The number of amides is 2. The van der Waals surface area contributed by atoms with Gasteiger partial charge in [0.25, 0.3) is 11.8 Å². The van der Waals surface area contributed by atoms with E-state index in [1.807, 2.05) is 0 Å². The summed E-state index contributed by atoms with van der Waals surface area (Å²) in [5.41, 5.74) is -1.03. The van der Waals surface area contributed by atoms with Crippen molar-refractivity contribution in [2.75, 3.05) is 10.4 Å².